The summed E-state index contributed by atoms with van der Waals surface area (Å²) in [6.45, 7) is 13.9. The van der Waals surface area contributed by atoms with Crippen molar-refractivity contribution in [2.24, 2.45) is 5.41 Å². The number of amides is 1. The topological polar surface area (TPSA) is 51.2 Å². The van der Waals surface area contributed by atoms with Crippen LogP contribution in [-0.2, 0) is 15.1 Å². The molecule has 0 aromatic carbocycles. The molecule has 1 unspecified atom stereocenters. The minimum absolute atomic E-state index is 0.115. The Labute approximate surface area is 202 Å². The molecule has 1 N–H and O–H groups in total. The lowest BCUT2D eigenvalue weighted by atomic mass is 9.84. The Morgan fingerprint density at radius 2 is 1.91 bits per heavy atom. The van der Waals surface area contributed by atoms with Crippen molar-refractivity contribution >= 4 is 20.7 Å². The van der Waals surface area contributed by atoms with Gasteiger partial charge in [-0.05, 0) is 42.9 Å². The second kappa shape index (κ2) is 10.3. The van der Waals surface area contributed by atoms with E-state index in [1.54, 1.807) is 39.1 Å². The molecule has 0 radical (unpaired) electrons. The number of ether oxygens (including phenoxy) is 1. The predicted molar refractivity (Wildman–Crippen MR) is 134 cm³/mol. The highest BCUT2D eigenvalue weighted by Gasteiger charge is 2.47. The van der Waals surface area contributed by atoms with Crippen LogP contribution in [0.1, 0.15) is 51.8 Å². The fraction of sp³-hybridized carbons (Fsp3) is 0.385. The van der Waals surface area contributed by atoms with Crippen molar-refractivity contribution < 1.29 is 22.7 Å². The van der Waals surface area contributed by atoms with Crippen molar-refractivity contribution in [3.63, 3.8) is 0 Å². The first-order valence-corrected chi connectivity index (χ1v) is 11.3. The maximum Gasteiger partial charge on any atom is 0.283 e. The van der Waals surface area contributed by atoms with E-state index in [0.717, 1.165) is 11.6 Å². The number of hydrogen-bond acceptors (Lipinski definition) is 3. The van der Waals surface area contributed by atoms with Gasteiger partial charge in [-0.25, -0.2) is 4.39 Å². The summed E-state index contributed by atoms with van der Waals surface area (Å²) in [5.41, 5.74) is -3.45. The van der Waals surface area contributed by atoms with Crippen molar-refractivity contribution in [1.82, 2.24) is 10.3 Å². The highest BCUT2D eigenvalue weighted by molar-refractivity contribution is 7.18. The Hall–Kier alpha value is -2.66. The highest BCUT2D eigenvalue weighted by Crippen LogP contribution is 2.46. The average molecular weight is 493 g/mol. The molecule has 34 heavy (non-hydrogen) atoms. The summed E-state index contributed by atoms with van der Waals surface area (Å²) in [7, 11) is 2.81. The fourth-order valence-corrected chi connectivity index (χ4v) is 3.38. The summed E-state index contributed by atoms with van der Waals surface area (Å²) in [4.78, 5) is 17.6. The number of carbonyl (C=O) groups excluding carboxylic acids is 1. The Balaban J connectivity index is 2.34. The molecule has 0 aliphatic heterocycles. The van der Waals surface area contributed by atoms with Gasteiger partial charge in [0.25, 0.3) is 5.66 Å². The lowest BCUT2D eigenvalue weighted by Crippen LogP contribution is -2.38. The van der Waals surface area contributed by atoms with Crippen LogP contribution in [0.5, 0.6) is 0 Å². The van der Waals surface area contributed by atoms with E-state index in [1.807, 2.05) is 0 Å². The summed E-state index contributed by atoms with van der Waals surface area (Å²) in [6, 6.07) is 3.44. The Kier molecular flexibility index (Phi) is 8.36. The van der Waals surface area contributed by atoms with Gasteiger partial charge >= 0.3 is 0 Å². The molecule has 0 bridgehead atoms. The lowest BCUT2D eigenvalue weighted by Gasteiger charge is -2.26. The summed E-state index contributed by atoms with van der Waals surface area (Å²) in [5, 5.41) is 3.00. The van der Waals surface area contributed by atoms with Gasteiger partial charge in [0.15, 0.2) is 5.83 Å². The standard InChI is InChI=1S/C26H32F3N2O2P/c1-8-9-19(22(27)17(3)33-7)21-11-10-18(15-30-21)25(12-13-25)31-23(32)20(24(4,5)6)14-16(2)26(28,29)34/h8-11,14-15H,1-2,12-13,34H2,3-7H3,(H,31,32)/b19-9-,20-14-,22-17-. The quantitative estimate of drug-likeness (QED) is 0.183. The minimum atomic E-state index is -3.21. The number of pyridine rings is 1. The van der Waals surface area contributed by atoms with Crippen LogP contribution < -0.4 is 5.32 Å². The number of halogens is 3. The van der Waals surface area contributed by atoms with Crippen LogP contribution in [0.4, 0.5) is 13.2 Å². The molecule has 1 aliphatic rings. The maximum absolute atomic E-state index is 14.7. The van der Waals surface area contributed by atoms with Gasteiger partial charge in [-0.2, -0.15) is 8.78 Å². The number of methoxy groups -OCH3 is 1. The first-order valence-electron chi connectivity index (χ1n) is 10.8. The molecule has 4 nitrogen and oxygen atoms in total. The van der Waals surface area contributed by atoms with Gasteiger partial charge in [0, 0.05) is 22.9 Å². The van der Waals surface area contributed by atoms with Crippen LogP contribution >= 0.6 is 9.24 Å². The smallest absolute Gasteiger partial charge is 0.283 e. The molecule has 184 valence electrons. The molecule has 0 saturated heterocycles. The molecule has 1 aliphatic carbocycles. The van der Waals surface area contributed by atoms with Gasteiger partial charge in [0.2, 0.25) is 5.91 Å². The summed E-state index contributed by atoms with van der Waals surface area (Å²) >= 11 is 0. The van der Waals surface area contributed by atoms with Crippen LogP contribution in [0, 0.1) is 5.41 Å². The van der Waals surface area contributed by atoms with Gasteiger partial charge in [-0.1, -0.05) is 61.4 Å². The third kappa shape index (κ3) is 6.47. The number of rotatable bonds is 9. The largest absolute Gasteiger partial charge is 0.498 e. The van der Waals surface area contributed by atoms with E-state index >= 15 is 0 Å². The molecule has 1 aromatic heterocycles. The van der Waals surface area contributed by atoms with Crippen LogP contribution in [0.15, 0.2) is 72.4 Å². The Morgan fingerprint density at radius 1 is 1.29 bits per heavy atom. The van der Waals surface area contributed by atoms with Gasteiger partial charge in [-0.15, -0.1) is 0 Å². The molecular weight excluding hydrogens is 460 g/mol. The van der Waals surface area contributed by atoms with Crippen LogP contribution in [0.3, 0.4) is 0 Å². The van der Waals surface area contributed by atoms with Gasteiger partial charge in [0.1, 0.15) is 5.76 Å². The van der Waals surface area contributed by atoms with Crippen molar-refractivity contribution in [2.75, 3.05) is 7.11 Å². The van der Waals surface area contributed by atoms with E-state index in [9.17, 15) is 18.0 Å². The second-order valence-electron chi connectivity index (χ2n) is 9.31. The second-order valence-corrected chi connectivity index (χ2v) is 10.0. The molecule has 2 rings (SSSR count). The van der Waals surface area contributed by atoms with Crippen molar-refractivity contribution in [3.8, 4) is 0 Å². The van der Waals surface area contributed by atoms with Crippen molar-refractivity contribution in [2.45, 2.75) is 51.7 Å². The van der Waals surface area contributed by atoms with E-state index in [-0.39, 0.29) is 16.9 Å². The number of carbonyl (C=O) groups is 1. The molecule has 0 spiro atoms. The fourth-order valence-electron chi connectivity index (χ4n) is 3.29. The summed E-state index contributed by atoms with van der Waals surface area (Å²) in [6.07, 6.45) is 7.05. The molecule has 1 atom stereocenters. The zero-order valence-electron chi connectivity index (χ0n) is 20.3. The molecule has 1 amide bonds. The number of alkyl halides is 2. The number of allylic oxidation sites excluding steroid dienone is 7. The first kappa shape index (κ1) is 27.6. The SMILES string of the molecule is C=C/C=C(\C(F)=C(/C)OC)c1ccc(C2(NC(=O)/C(=C/C(=C)C(F)(F)P)C(C)(C)C)CC2)cn1. The Morgan fingerprint density at radius 3 is 2.32 bits per heavy atom. The molecule has 1 saturated carbocycles. The van der Waals surface area contributed by atoms with E-state index in [4.69, 9.17) is 4.74 Å². The third-order valence-corrected chi connectivity index (χ3v) is 6.00. The van der Waals surface area contributed by atoms with Crippen molar-refractivity contribution in [3.05, 3.63) is 83.7 Å². The predicted octanol–water partition coefficient (Wildman–Crippen LogP) is 6.60. The molecule has 1 aromatic rings. The van der Waals surface area contributed by atoms with Gasteiger partial charge in [-0.3, -0.25) is 9.78 Å². The van der Waals surface area contributed by atoms with Crippen LogP contribution in [-0.4, -0.2) is 23.7 Å². The van der Waals surface area contributed by atoms with E-state index in [0.29, 0.717) is 18.5 Å². The van der Waals surface area contributed by atoms with Crippen molar-refractivity contribution in [1.29, 1.82) is 0 Å². The number of nitrogens with one attached hydrogen (secondary N) is 1. The number of hydrogen-bond donors (Lipinski definition) is 1. The summed E-state index contributed by atoms with van der Waals surface area (Å²) in [5.74, 6) is -0.881. The van der Waals surface area contributed by atoms with E-state index < -0.39 is 33.9 Å². The molecule has 1 heterocycles. The normalized spacial score (nSPS) is 17.0. The highest BCUT2D eigenvalue weighted by atomic mass is 31.0. The zero-order valence-corrected chi connectivity index (χ0v) is 21.4. The first-order chi connectivity index (χ1) is 15.7. The monoisotopic (exact) mass is 492 g/mol. The number of nitrogens with zero attached hydrogens (tertiary/aromatic N) is 1. The average Bonchev–Trinajstić information content (AvgIpc) is 3.53. The van der Waals surface area contributed by atoms with E-state index in [1.165, 1.54) is 35.4 Å². The summed E-state index contributed by atoms with van der Waals surface area (Å²) < 4.78 is 47.0. The molecule has 8 heteroatoms. The zero-order chi connectivity index (χ0) is 25.9. The molecule has 1 fully saturated rings. The lowest BCUT2D eigenvalue weighted by molar-refractivity contribution is -0.119. The Bertz CT molecular complexity index is 1060. The maximum atomic E-state index is 14.7. The minimum Gasteiger partial charge on any atom is -0.498 e. The van der Waals surface area contributed by atoms with Crippen LogP contribution in [0.2, 0.25) is 0 Å². The van der Waals surface area contributed by atoms with Crippen LogP contribution in [0.25, 0.3) is 5.57 Å². The third-order valence-electron chi connectivity index (χ3n) is 5.63. The number of aromatic nitrogens is 1. The molecular formula is C26H32F3N2O2P. The van der Waals surface area contributed by atoms with Gasteiger partial charge in [0.05, 0.1) is 18.3 Å². The van der Waals surface area contributed by atoms with E-state index in [2.05, 4.69) is 23.5 Å². The van der Waals surface area contributed by atoms with Gasteiger partial charge < -0.3 is 10.1 Å².